The molecule has 14 heteroatoms. The number of nitrogens with zero attached hydrogens (tertiary/aromatic N) is 5. The number of nitrogens with two attached hydrogens (primary N) is 1. The third-order valence-electron chi connectivity index (χ3n) is 5.11. The minimum Gasteiger partial charge on any atom is -0.487 e. The van der Waals surface area contributed by atoms with Gasteiger partial charge in [0.1, 0.15) is 30.8 Å². The Morgan fingerprint density at radius 2 is 2.12 bits per heavy atom. The van der Waals surface area contributed by atoms with Crippen LogP contribution in [0.25, 0.3) is 11.2 Å². The predicted octanol–water partition coefficient (Wildman–Crippen LogP) is 1.41. The number of carbonyl (C=O) groups is 1. The summed E-state index contributed by atoms with van der Waals surface area (Å²) in [5.74, 6) is -0.538. The number of hydroxylamine groups is 1. The monoisotopic (exact) mass is 476 g/mol. The van der Waals surface area contributed by atoms with Crippen LogP contribution in [-0.4, -0.2) is 65.4 Å². The summed E-state index contributed by atoms with van der Waals surface area (Å²) in [7, 11) is -0.630. The molecule has 174 valence electrons. The van der Waals surface area contributed by atoms with Gasteiger partial charge in [-0.1, -0.05) is 12.1 Å². The van der Waals surface area contributed by atoms with Gasteiger partial charge in [0.2, 0.25) is 0 Å². The van der Waals surface area contributed by atoms with Crippen LogP contribution in [0.15, 0.2) is 36.9 Å². The Kier molecular flexibility index (Phi) is 6.65. The van der Waals surface area contributed by atoms with E-state index in [4.69, 9.17) is 25.2 Å². The second-order valence-electron chi connectivity index (χ2n) is 7.26. The molecule has 1 unspecified atom stereocenters. The summed E-state index contributed by atoms with van der Waals surface area (Å²) < 4.78 is 24.8. The van der Waals surface area contributed by atoms with Gasteiger partial charge in [-0.25, -0.2) is 15.0 Å². The molecule has 4 rings (SSSR count). The van der Waals surface area contributed by atoms with E-state index in [1.54, 1.807) is 28.8 Å². The number of imidazole rings is 1. The highest BCUT2D eigenvalue weighted by Crippen LogP contribution is 2.34. The number of anilines is 1. The molecule has 3 heterocycles. The second-order valence-corrected chi connectivity index (χ2v) is 7.82. The van der Waals surface area contributed by atoms with E-state index in [1.165, 1.54) is 19.6 Å². The predicted molar refractivity (Wildman–Crippen MR) is 113 cm³/mol. The fourth-order valence-electron chi connectivity index (χ4n) is 3.30. The summed E-state index contributed by atoms with van der Waals surface area (Å²) in [5.41, 5.74) is 6.76. The van der Waals surface area contributed by atoms with Crippen LogP contribution in [0.3, 0.4) is 0 Å². The van der Waals surface area contributed by atoms with Gasteiger partial charge >= 0.3 is 5.97 Å². The maximum atomic E-state index is 11.4. The molecule has 0 amide bonds. The molecule has 13 nitrogen and oxygen atoms in total. The molecule has 1 saturated heterocycles. The first-order valence-electron chi connectivity index (χ1n) is 9.90. The lowest BCUT2D eigenvalue weighted by molar-refractivity contribution is -0.147. The molecule has 0 bridgehead atoms. The van der Waals surface area contributed by atoms with Gasteiger partial charge in [0.25, 0.3) is 8.61 Å². The number of carboxylic acids is 1. The largest absolute Gasteiger partial charge is 0.487 e. The highest BCUT2D eigenvalue weighted by molar-refractivity contribution is 7.20. The Morgan fingerprint density at radius 3 is 2.85 bits per heavy atom. The quantitative estimate of drug-likeness (QED) is 0.299. The van der Waals surface area contributed by atoms with Crippen LogP contribution in [0, 0.1) is 0 Å². The molecule has 1 aromatic carbocycles. The molecule has 0 aliphatic carbocycles. The molecule has 3 aromatic rings. The lowest BCUT2D eigenvalue weighted by atomic mass is 10.2. The standard InChI is InChI=1S/C19H21N6O7P/c1-10(19(27)28)25(33-29)32-13-5-3-2-4-12(13)30-7-14-11(26)6-15(31-14)24-9-23-16-17(20)21-8-22-18(16)24/h2-5,8-11,14-15,26H,6-7H2,1H3,(H,27,28)(H2,20,21,22)/t10?,11-,14+,15+/m1/s1. The number of aliphatic hydroxyl groups is 1. The fourth-order valence-corrected chi connectivity index (χ4v) is 3.66. The first kappa shape index (κ1) is 22.8. The lowest BCUT2D eigenvalue weighted by Crippen LogP contribution is -2.34. The Hall–Kier alpha value is -3.38. The number of benzene rings is 1. The molecule has 0 spiro atoms. The van der Waals surface area contributed by atoms with Gasteiger partial charge in [0, 0.05) is 6.42 Å². The zero-order chi connectivity index (χ0) is 23.5. The van der Waals surface area contributed by atoms with Crippen molar-refractivity contribution in [2.24, 2.45) is 0 Å². The molecular formula is C19H21N6O7P. The number of aromatic nitrogens is 4. The van der Waals surface area contributed by atoms with E-state index in [1.807, 2.05) is 0 Å². The van der Waals surface area contributed by atoms with E-state index in [9.17, 15) is 14.5 Å². The SMILES string of the molecule is CC(C(=O)O)N(Oc1ccccc1OC[C@@H]1O[C@H](n2cnc3c(N)ncnc32)C[C@H]1O)P=O. The van der Waals surface area contributed by atoms with Crippen molar-refractivity contribution in [2.45, 2.75) is 37.8 Å². The van der Waals surface area contributed by atoms with Crippen LogP contribution >= 0.6 is 8.61 Å². The van der Waals surface area contributed by atoms with Crippen molar-refractivity contribution < 1.29 is 33.9 Å². The number of aliphatic hydroxyl groups excluding tert-OH is 1. The molecule has 2 aromatic heterocycles. The average Bonchev–Trinajstić information content (AvgIpc) is 3.40. The third-order valence-corrected chi connectivity index (χ3v) is 5.70. The number of hydrogen-bond donors (Lipinski definition) is 3. The number of fused-ring (bicyclic) bond motifs is 1. The van der Waals surface area contributed by atoms with E-state index < -0.39 is 39.1 Å². The number of nitrogen functional groups attached to an aromatic ring is 1. The normalized spacial score (nSPS) is 21.5. The van der Waals surface area contributed by atoms with Crippen molar-refractivity contribution in [3.05, 3.63) is 36.9 Å². The van der Waals surface area contributed by atoms with Crippen molar-refractivity contribution in [1.82, 2.24) is 24.4 Å². The number of rotatable bonds is 9. The van der Waals surface area contributed by atoms with Gasteiger partial charge in [-0.3, -0.25) is 13.9 Å². The summed E-state index contributed by atoms with van der Waals surface area (Å²) in [6.45, 7) is 1.31. The van der Waals surface area contributed by atoms with Crippen LogP contribution in [0.2, 0.25) is 0 Å². The van der Waals surface area contributed by atoms with Crippen LogP contribution in [0.4, 0.5) is 5.82 Å². The van der Waals surface area contributed by atoms with E-state index >= 15 is 0 Å². The van der Waals surface area contributed by atoms with Gasteiger partial charge in [0.15, 0.2) is 29.0 Å². The molecule has 0 saturated carbocycles. The van der Waals surface area contributed by atoms with E-state index in [2.05, 4.69) is 15.0 Å². The molecule has 0 radical (unpaired) electrons. The number of ether oxygens (including phenoxy) is 2. The molecule has 1 aliphatic heterocycles. The van der Waals surface area contributed by atoms with Gasteiger partial charge < -0.3 is 30.3 Å². The summed E-state index contributed by atoms with van der Waals surface area (Å²) in [4.78, 5) is 29.7. The molecule has 4 atom stereocenters. The van der Waals surface area contributed by atoms with Crippen molar-refractivity contribution in [3.8, 4) is 11.5 Å². The second kappa shape index (κ2) is 9.63. The number of hydrogen-bond acceptors (Lipinski definition) is 10. The zero-order valence-electron chi connectivity index (χ0n) is 17.4. The summed E-state index contributed by atoms with van der Waals surface area (Å²) in [5, 5.41) is 19.6. The van der Waals surface area contributed by atoms with Crippen molar-refractivity contribution in [3.63, 3.8) is 0 Å². The Morgan fingerprint density at radius 1 is 1.36 bits per heavy atom. The van der Waals surface area contributed by atoms with Crippen LogP contribution in [0.5, 0.6) is 11.5 Å². The topological polar surface area (TPSA) is 175 Å². The maximum absolute atomic E-state index is 11.4. The molecule has 1 fully saturated rings. The van der Waals surface area contributed by atoms with E-state index in [-0.39, 0.29) is 30.3 Å². The van der Waals surface area contributed by atoms with Gasteiger partial charge in [-0.2, -0.15) is 0 Å². The van der Waals surface area contributed by atoms with Gasteiger partial charge in [0.05, 0.1) is 12.4 Å². The van der Waals surface area contributed by atoms with E-state index in [0.717, 1.165) is 4.83 Å². The summed E-state index contributed by atoms with van der Waals surface area (Å²) >= 11 is 0. The van der Waals surface area contributed by atoms with Crippen molar-refractivity contribution >= 4 is 31.6 Å². The Balaban J connectivity index is 1.44. The zero-order valence-corrected chi connectivity index (χ0v) is 18.3. The summed E-state index contributed by atoms with van der Waals surface area (Å²) in [6.07, 6.45) is 1.09. The van der Waals surface area contributed by atoms with Crippen LogP contribution in [-0.2, 0) is 14.1 Å². The number of para-hydroxylation sites is 2. The van der Waals surface area contributed by atoms with Gasteiger partial charge in [-0.05, 0) is 23.9 Å². The van der Waals surface area contributed by atoms with E-state index in [0.29, 0.717) is 11.2 Å². The highest BCUT2D eigenvalue weighted by atomic mass is 31.1. The van der Waals surface area contributed by atoms with Crippen molar-refractivity contribution in [1.29, 1.82) is 0 Å². The Labute approximate surface area is 188 Å². The smallest absolute Gasteiger partial charge is 0.325 e. The number of carboxylic acid groups (broad SMARTS) is 1. The minimum atomic E-state index is -1.20. The maximum Gasteiger partial charge on any atom is 0.325 e. The van der Waals surface area contributed by atoms with Crippen LogP contribution < -0.4 is 15.3 Å². The highest BCUT2D eigenvalue weighted by Gasteiger charge is 2.36. The minimum absolute atomic E-state index is 0.0225. The molecule has 1 aliphatic rings. The van der Waals surface area contributed by atoms with Gasteiger partial charge in [-0.15, -0.1) is 0 Å². The fraction of sp³-hybridized carbons (Fsp3) is 0.368. The van der Waals surface area contributed by atoms with Crippen molar-refractivity contribution in [2.75, 3.05) is 12.3 Å². The molecule has 33 heavy (non-hydrogen) atoms. The number of aliphatic carboxylic acids is 1. The van der Waals surface area contributed by atoms with Crippen LogP contribution in [0.1, 0.15) is 19.6 Å². The third kappa shape index (κ3) is 4.71. The summed E-state index contributed by atoms with van der Waals surface area (Å²) in [6, 6.07) is 5.32. The lowest BCUT2D eigenvalue weighted by Gasteiger charge is -2.21. The first-order chi connectivity index (χ1) is 15.9. The molecule has 4 N–H and O–H groups in total. The molecular weight excluding hydrogens is 455 g/mol. The Bertz CT molecular complexity index is 1160. The first-order valence-corrected chi connectivity index (χ1v) is 10.7. The average molecular weight is 476 g/mol.